The Balaban J connectivity index is 2.03. The molecule has 1 aromatic rings. The van der Waals surface area contributed by atoms with E-state index in [2.05, 4.69) is 0 Å². The minimum atomic E-state index is -0.465. The number of hydrogen-bond acceptors (Lipinski definition) is 3. The topological polar surface area (TPSA) is 42.6 Å². The monoisotopic (exact) mass is 196 g/mol. The van der Waals surface area contributed by atoms with Crippen molar-refractivity contribution < 1.29 is 14.3 Å². The van der Waals surface area contributed by atoms with E-state index in [1.54, 1.807) is 0 Å². The maximum Gasteiger partial charge on any atom is 0.132 e. The molecule has 1 N–H and O–H groups in total. The molecule has 0 radical (unpaired) electrons. The van der Waals surface area contributed by atoms with Gasteiger partial charge in [0.05, 0.1) is 0 Å². The van der Waals surface area contributed by atoms with Crippen molar-refractivity contribution in [2.24, 2.45) is 5.92 Å². The van der Waals surface area contributed by atoms with Crippen molar-refractivity contribution in [3.63, 3.8) is 0 Å². The first kappa shape index (κ1) is 9.74. The SMILES string of the molecule is Cc1ccc(C(O)C2CCOCC2)o1. The van der Waals surface area contributed by atoms with E-state index in [9.17, 15) is 5.11 Å². The smallest absolute Gasteiger partial charge is 0.132 e. The second kappa shape index (κ2) is 4.15. The number of aliphatic hydroxyl groups is 1. The summed E-state index contributed by atoms with van der Waals surface area (Å²) in [5.74, 6) is 1.83. The van der Waals surface area contributed by atoms with E-state index in [1.165, 1.54) is 0 Å². The summed E-state index contributed by atoms with van der Waals surface area (Å²) in [5, 5.41) is 10.0. The molecule has 1 atom stereocenters. The van der Waals surface area contributed by atoms with Gasteiger partial charge in [-0.05, 0) is 37.8 Å². The van der Waals surface area contributed by atoms with Crippen LogP contribution in [-0.2, 0) is 4.74 Å². The summed E-state index contributed by atoms with van der Waals surface area (Å²) in [6.07, 6.45) is 1.37. The van der Waals surface area contributed by atoms with Crippen LogP contribution in [0.25, 0.3) is 0 Å². The zero-order chi connectivity index (χ0) is 9.97. The first-order valence-corrected chi connectivity index (χ1v) is 5.09. The molecule has 1 aromatic heterocycles. The van der Waals surface area contributed by atoms with Gasteiger partial charge in [-0.1, -0.05) is 0 Å². The number of furan rings is 1. The predicted octanol–water partition coefficient (Wildman–Crippen LogP) is 2.05. The van der Waals surface area contributed by atoms with Gasteiger partial charge in [0, 0.05) is 13.2 Å². The Hall–Kier alpha value is -0.800. The highest BCUT2D eigenvalue weighted by Crippen LogP contribution is 2.30. The predicted molar refractivity (Wildman–Crippen MR) is 51.9 cm³/mol. The van der Waals surface area contributed by atoms with E-state index in [0.717, 1.165) is 31.8 Å². The summed E-state index contributed by atoms with van der Waals surface area (Å²) in [4.78, 5) is 0. The van der Waals surface area contributed by atoms with Gasteiger partial charge in [-0.25, -0.2) is 0 Å². The summed E-state index contributed by atoms with van der Waals surface area (Å²) >= 11 is 0. The van der Waals surface area contributed by atoms with Crippen molar-refractivity contribution in [2.75, 3.05) is 13.2 Å². The van der Waals surface area contributed by atoms with E-state index in [1.807, 2.05) is 19.1 Å². The second-order valence-corrected chi connectivity index (χ2v) is 3.84. The van der Waals surface area contributed by atoms with Crippen molar-refractivity contribution in [1.29, 1.82) is 0 Å². The third kappa shape index (κ3) is 1.99. The fourth-order valence-electron chi connectivity index (χ4n) is 1.88. The number of aliphatic hydroxyl groups excluding tert-OH is 1. The zero-order valence-corrected chi connectivity index (χ0v) is 8.40. The Kier molecular flexibility index (Phi) is 2.89. The first-order valence-electron chi connectivity index (χ1n) is 5.09. The third-order valence-electron chi connectivity index (χ3n) is 2.77. The van der Waals surface area contributed by atoms with Gasteiger partial charge >= 0.3 is 0 Å². The van der Waals surface area contributed by atoms with Gasteiger partial charge in [-0.15, -0.1) is 0 Å². The molecule has 3 nitrogen and oxygen atoms in total. The van der Waals surface area contributed by atoms with Crippen LogP contribution >= 0.6 is 0 Å². The summed E-state index contributed by atoms with van der Waals surface area (Å²) in [5.41, 5.74) is 0. The highest BCUT2D eigenvalue weighted by atomic mass is 16.5. The summed E-state index contributed by atoms with van der Waals surface area (Å²) in [6.45, 7) is 3.39. The van der Waals surface area contributed by atoms with E-state index in [0.29, 0.717) is 5.76 Å². The van der Waals surface area contributed by atoms with Gasteiger partial charge in [0.15, 0.2) is 0 Å². The molecule has 0 spiro atoms. The number of rotatable bonds is 2. The van der Waals surface area contributed by atoms with Crippen molar-refractivity contribution in [2.45, 2.75) is 25.9 Å². The lowest BCUT2D eigenvalue weighted by Gasteiger charge is -2.25. The Labute approximate surface area is 83.7 Å². The van der Waals surface area contributed by atoms with Gasteiger partial charge in [0.1, 0.15) is 17.6 Å². The van der Waals surface area contributed by atoms with Crippen LogP contribution in [0.1, 0.15) is 30.5 Å². The Morgan fingerprint density at radius 1 is 1.36 bits per heavy atom. The normalized spacial score (nSPS) is 21.0. The molecule has 14 heavy (non-hydrogen) atoms. The van der Waals surface area contributed by atoms with Gasteiger partial charge in [0.25, 0.3) is 0 Å². The molecule has 1 fully saturated rings. The Morgan fingerprint density at radius 3 is 2.64 bits per heavy atom. The molecule has 1 unspecified atom stereocenters. The number of aryl methyl sites for hydroxylation is 1. The molecule has 1 aliphatic heterocycles. The van der Waals surface area contributed by atoms with Crippen LogP contribution in [0.4, 0.5) is 0 Å². The lowest BCUT2D eigenvalue weighted by molar-refractivity contribution is -0.00134. The highest BCUT2D eigenvalue weighted by molar-refractivity contribution is 5.09. The van der Waals surface area contributed by atoms with E-state index in [4.69, 9.17) is 9.15 Å². The van der Waals surface area contributed by atoms with Gasteiger partial charge in [0.2, 0.25) is 0 Å². The summed E-state index contributed by atoms with van der Waals surface area (Å²) < 4.78 is 10.7. The fraction of sp³-hybridized carbons (Fsp3) is 0.636. The highest BCUT2D eigenvalue weighted by Gasteiger charge is 2.25. The quantitative estimate of drug-likeness (QED) is 0.787. The van der Waals surface area contributed by atoms with Crippen LogP contribution in [-0.4, -0.2) is 18.3 Å². The number of ether oxygens (including phenoxy) is 1. The van der Waals surface area contributed by atoms with Gasteiger partial charge in [-0.3, -0.25) is 0 Å². The molecule has 0 amide bonds. The van der Waals surface area contributed by atoms with Crippen LogP contribution in [0.5, 0.6) is 0 Å². The standard InChI is InChI=1S/C11H16O3/c1-8-2-3-10(14-8)11(12)9-4-6-13-7-5-9/h2-3,9,11-12H,4-7H2,1H3. The average molecular weight is 196 g/mol. The molecule has 0 aromatic carbocycles. The molecule has 0 saturated carbocycles. The van der Waals surface area contributed by atoms with E-state index in [-0.39, 0.29) is 5.92 Å². The lowest BCUT2D eigenvalue weighted by atomic mass is 9.92. The molecule has 2 rings (SSSR count). The first-order chi connectivity index (χ1) is 6.77. The Morgan fingerprint density at radius 2 is 2.07 bits per heavy atom. The van der Waals surface area contributed by atoms with E-state index < -0.39 is 6.10 Å². The number of hydrogen-bond donors (Lipinski definition) is 1. The van der Waals surface area contributed by atoms with Crippen LogP contribution in [0.15, 0.2) is 16.5 Å². The van der Waals surface area contributed by atoms with Crippen LogP contribution in [0, 0.1) is 12.8 Å². The van der Waals surface area contributed by atoms with E-state index >= 15 is 0 Å². The summed E-state index contributed by atoms with van der Waals surface area (Å²) in [6, 6.07) is 3.74. The molecule has 1 saturated heterocycles. The third-order valence-corrected chi connectivity index (χ3v) is 2.77. The lowest BCUT2D eigenvalue weighted by Crippen LogP contribution is -2.21. The average Bonchev–Trinajstić information content (AvgIpc) is 2.65. The molecule has 0 aliphatic carbocycles. The van der Waals surface area contributed by atoms with Crippen LogP contribution in [0.3, 0.4) is 0 Å². The molecule has 0 bridgehead atoms. The summed E-state index contributed by atoms with van der Waals surface area (Å²) in [7, 11) is 0. The second-order valence-electron chi connectivity index (χ2n) is 3.84. The van der Waals surface area contributed by atoms with Gasteiger partial charge in [-0.2, -0.15) is 0 Å². The van der Waals surface area contributed by atoms with Gasteiger partial charge < -0.3 is 14.3 Å². The fourth-order valence-corrected chi connectivity index (χ4v) is 1.88. The largest absolute Gasteiger partial charge is 0.464 e. The molecular formula is C11H16O3. The Bertz CT molecular complexity index is 286. The molecule has 78 valence electrons. The molecule has 3 heteroatoms. The van der Waals surface area contributed by atoms with Crippen molar-refractivity contribution in [1.82, 2.24) is 0 Å². The maximum absolute atomic E-state index is 10.0. The minimum Gasteiger partial charge on any atom is -0.464 e. The minimum absolute atomic E-state index is 0.286. The van der Waals surface area contributed by atoms with Crippen LogP contribution < -0.4 is 0 Å². The van der Waals surface area contributed by atoms with Crippen LogP contribution in [0.2, 0.25) is 0 Å². The van der Waals surface area contributed by atoms with Crippen molar-refractivity contribution in [3.8, 4) is 0 Å². The molecular weight excluding hydrogens is 180 g/mol. The van der Waals surface area contributed by atoms with Crippen molar-refractivity contribution in [3.05, 3.63) is 23.7 Å². The molecule has 1 aliphatic rings. The molecule has 2 heterocycles. The zero-order valence-electron chi connectivity index (χ0n) is 8.40. The maximum atomic E-state index is 10.0. The van der Waals surface area contributed by atoms with Crippen molar-refractivity contribution >= 4 is 0 Å².